The van der Waals surface area contributed by atoms with Crippen LogP contribution in [0.25, 0.3) is 88.7 Å². The Hall–Kier alpha value is -8.21. The molecule has 11 aromatic rings. The van der Waals surface area contributed by atoms with Gasteiger partial charge in [-0.05, 0) is 75.2 Å². The van der Waals surface area contributed by atoms with E-state index in [1.54, 1.807) is 0 Å². The Morgan fingerprint density at radius 2 is 0.871 bits per heavy atom. The smallest absolute Gasteiger partial charge is 0.160 e. The second-order valence-corrected chi connectivity index (χ2v) is 16.2. The summed E-state index contributed by atoms with van der Waals surface area (Å²) in [7, 11) is 0. The van der Waals surface area contributed by atoms with Gasteiger partial charge >= 0.3 is 0 Å². The molecule has 13 rings (SSSR count). The number of aromatic nitrogens is 3. The first-order valence-corrected chi connectivity index (χ1v) is 21.1. The van der Waals surface area contributed by atoms with E-state index in [1.807, 2.05) is 24.3 Å². The molecule has 0 saturated heterocycles. The molecular formula is C58H35N3O. The van der Waals surface area contributed by atoms with E-state index in [0.717, 1.165) is 100 Å². The second kappa shape index (κ2) is 13.4. The monoisotopic (exact) mass is 789 g/mol. The van der Waals surface area contributed by atoms with Gasteiger partial charge in [0.1, 0.15) is 11.5 Å². The molecule has 9 aromatic carbocycles. The van der Waals surface area contributed by atoms with Gasteiger partial charge in [0.25, 0.3) is 0 Å². The van der Waals surface area contributed by atoms with Crippen LogP contribution in [0.15, 0.2) is 212 Å². The van der Waals surface area contributed by atoms with Crippen LogP contribution in [0.5, 0.6) is 11.5 Å². The molecule has 0 radical (unpaired) electrons. The molecule has 1 aliphatic heterocycles. The van der Waals surface area contributed by atoms with Crippen LogP contribution in [0, 0.1) is 0 Å². The van der Waals surface area contributed by atoms with Crippen LogP contribution in [0.1, 0.15) is 22.3 Å². The molecule has 0 bridgehead atoms. The molecule has 0 N–H and O–H groups in total. The third kappa shape index (κ3) is 5.04. The van der Waals surface area contributed by atoms with E-state index in [9.17, 15) is 0 Å². The summed E-state index contributed by atoms with van der Waals surface area (Å²) in [6.45, 7) is 0. The van der Waals surface area contributed by atoms with Crippen molar-refractivity contribution < 1.29 is 4.74 Å². The lowest BCUT2D eigenvalue weighted by Gasteiger charge is -2.39. The second-order valence-electron chi connectivity index (χ2n) is 16.2. The van der Waals surface area contributed by atoms with Crippen molar-refractivity contribution in [2.24, 2.45) is 0 Å². The number of rotatable bonds is 4. The van der Waals surface area contributed by atoms with Crippen LogP contribution in [-0.2, 0) is 5.41 Å². The molecule has 0 saturated carbocycles. The number of nitrogens with zero attached hydrogens (tertiary/aromatic N) is 3. The third-order valence-corrected chi connectivity index (χ3v) is 12.9. The zero-order valence-corrected chi connectivity index (χ0v) is 33.5. The van der Waals surface area contributed by atoms with E-state index < -0.39 is 5.41 Å². The number of para-hydroxylation sites is 2. The molecule has 1 spiro atoms. The van der Waals surface area contributed by atoms with Gasteiger partial charge in [-0.2, -0.15) is 0 Å². The number of ether oxygens (including phenoxy) is 1. The summed E-state index contributed by atoms with van der Waals surface area (Å²) in [6, 6.07) is 75.4. The first kappa shape index (κ1) is 34.6. The zero-order valence-electron chi connectivity index (χ0n) is 33.5. The molecule has 0 unspecified atom stereocenters. The Morgan fingerprint density at radius 1 is 0.306 bits per heavy atom. The average Bonchev–Trinajstić information content (AvgIpc) is 3.64. The lowest BCUT2D eigenvalue weighted by molar-refractivity contribution is 0.437. The highest BCUT2D eigenvalue weighted by molar-refractivity contribution is 6.13. The predicted octanol–water partition coefficient (Wildman–Crippen LogP) is 14.5. The molecule has 4 heteroatoms. The third-order valence-electron chi connectivity index (χ3n) is 12.9. The first-order valence-electron chi connectivity index (χ1n) is 21.1. The predicted molar refractivity (Wildman–Crippen MR) is 251 cm³/mol. The van der Waals surface area contributed by atoms with Gasteiger partial charge < -0.3 is 4.74 Å². The average molecular weight is 790 g/mol. The maximum Gasteiger partial charge on any atom is 0.160 e. The van der Waals surface area contributed by atoms with Gasteiger partial charge in [0.05, 0.1) is 27.8 Å². The maximum absolute atomic E-state index is 6.97. The number of benzene rings is 9. The van der Waals surface area contributed by atoms with Gasteiger partial charge in [0.2, 0.25) is 0 Å². The van der Waals surface area contributed by atoms with Crippen LogP contribution in [0.2, 0.25) is 0 Å². The number of fused-ring (bicyclic) bond motifs is 13. The fraction of sp³-hybridized carbons (Fsp3) is 0.0172. The van der Waals surface area contributed by atoms with Gasteiger partial charge in [-0.25, -0.2) is 15.0 Å². The van der Waals surface area contributed by atoms with Gasteiger partial charge in [0, 0.05) is 44.0 Å². The number of hydrogen-bond acceptors (Lipinski definition) is 4. The highest BCUT2D eigenvalue weighted by atomic mass is 16.5. The lowest BCUT2D eigenvalue weighted by atomic mass is 9.65. The van der Waals surface area contributed by atoms with Crippen molar-refractivity contribution >= 4 is 32.6 Å². The van der Waals surface area contributed by atoms with Crippen molar-refractivity contribution in [3.63, 3.8) is 0 Å². The summed E-state index contributed by atoms with van der Waals surface area (Å²) in [5.41, 5.74) is 15.8. The fourth-order valence-corrected chi connectivity index (χ4v) is 10.2. The minimum Gasteiger partial charge on any atom is -0.457 e. The standard InChI is InChI=1S/C58H35N3O/c1-3-15-37(16-4-1)56-46-35-54-50(58(49-24-12-14-26-53(49)62-54)47-22-10-7-19-41(47)42-20-8-11-23-48(42)58)34-44(46)45-33-40(31-32-52(45)59-56)36-27-29-38(30-28-36)55-43-21-9-13-25-51(43)60-57(61-55)39-17-5-2-6-18-39/h1-35H. The highest BCUT2D eigenvalue weighted by Gasteiger charge is 2.51. The quantitative estimate of drug-likeness (QED) is 0.167. The van der Waals surface area contributed by atoms with Crippen LogP contribution < -0.4 is 4.74 Å². The molecule has 0 amide bonds. The molecule has 0 atom stereocenters. The summed E-state index contributed by atoms with van der Waals surface area (Å²) in [5, 5.41) is 4.30. The van der Waals surface area contributed by atoms with Crippen molar-refractivity contribution in [3.8, 4) is 67.7 Å². The Kier molecular flexibility index (Phi) is 7.49. The molecule has 1 aliphatic carbocycles. The summed E-state index contributed by atoms with van der Waals surface area (Å²) in [4.78, 5) is 15.5. The molecule has 2 aliphatic rings. The first-order chi connectivity index (χ1) is 30.7. The Bertz CT molecular complexity index is 3550. The fourth-order valence-electron chi connectivity index (χ4n) is 10.2. The van der Waals surface area contributed by atoms with Crippen molar-refractivity contribution in [1.82, 2.24) is 15.0 Å². The number of pyridine rings is 1. The zero-order chi connectivity index (χ0) is 40.8. The molecule has 4 nitrogen and oxygen atoms in total. The van der Waals surface area contributed by atoms with Gasteiger partial charge in [-0.1, -0.05) is 176 Å². The lowest BCUT2D eigenvalue weighted by Crippen LogP contribution is -2.32. The van der Waals surface area contributed by atoms with Crippen LogP contribution in [-0.4, -0.2) is 15.0 Å². The SMILES string of the molecule is c1ccc(-c2nc(-c3ccc(-c4ccc5nc(-c6ccccc6)c6cc7c(cc6c5c4)C4(c5ccccc5O7)c5ccccc5-c5ccccc54)cc3)c3ccccc3n2)cc1. The number of hydrogen-bond donors (Lipinski definition) is 0. The van der Waals surface area contributed by atoms with Crippen LogP contribution >= 0.6 is 0 Å². The minimum absolute atomic E-state index is 0.576. The van der Waals surface area contributed by atoms with Gasteiger partial charge in [-0.15, -0.1) is 0 Å². The summed E-state index contributed by atoms with van der Waals surface area (Å²) < 4.78 is 6.97. The topological polar surface area (TPSA) is 47.9 Å². The molecular weight excluding hydrogens is 755 g/mol. The van der Waals surface area contributed by atoms with Crippen LogP contribution in [0.3, 0.4) is 0 Å². The molecule has 3 heterocycles. The Balaban J connectivity index is 1.03. The molecule has 0 fully saturated rings. The van der Waals surface area contributed by atoms with E-state index >= 15 is 0 Å². The largest absolute Gasteiger partial charge is 0.457 e. The summed E-state index contributed by atoms with van der Waals surface area (Å²) in [5.74, 6) is 2.44. The Morgan fingerprint density at radius 3 is 1.63 bits per heavy atom. The van der Waals surface area contributed by atoms with Crippen molar-refractivity contribution in [3.05, 3.63) is 235 Å². The summed E-state index contributed by atoms with van der Waals surface area (Å²) >= 11 is 0. The normalized spacial score (nSPS) is 13.1. The molecule has 288 valence electrons. The van der Waals surface area contributed by atoms with E-state index in [1.165, 1.54) is 22.3 Å². The summed E-state index contributed by atoms with van der Waals surface area (Å²) in [6.07, 6.45) is 0. The van der Waals surface area contributed by atoms with Gasteiger partial charge in [-0.3, -0.25) is 0 Å². The van der Waals surface area contributed by atoms with E-state index in [4.69, 9.17) is 19.7 Å². The van der Waals surface area contributed by atoms with E-state index in [-0.39, 0.29) is 0 Å². The van der Waals surface area contributed by atoms with Crippen molar-refractivity contribution in [2.75, 3.05) is 0 Å². The maximum atomic E-state index is 6.97. The van der Waals surface area contributed by atoms with Crippen molar-refractivity contribution in [2.45, 2.75) is 5.41 Å². The van der Waals surface area contributed by atoms with E-state index in [0.29, 0.717) is 0 Å². The highest BCUT2D eigenvalue weighted by Crippen LogP contribution is 2.62. The molecule has 62 heavy (non-hydrogen) atoms. The Labute approximate surface area is 358 Å². The van der Waals surface area contributed by atoms with Crippen molar-refractivity contribution in [1.29, 1.82) is 0 Å². The minimum atomic E-state index is -0.576. The van der Waals surface area contributed by atoms with E-state index in [2.05, 4.69) is 188 Å². The van der Waals surface area contributed by atoms with Gasteiger partial charge in [0.15, 0.2) is 5.82 Å². The van der Waals surface area contributed by atoms with Crippen LogP contribution in [0.4, 0.5) is 0 Å². The molecule has 2 aromatic heterocycles.